The van der Waals surface area contributed by atoms with Gasteiger partial charge >= 0.3 is 0 Å². The van der Waals surface area contributed by atoms with Gasteiger partial charge in [0.15, 0.2) is 0 Å². The quantitative estimate of drug-likeness (QED) is 0.799. The summed E-state index contributed by atoms with van der Waals surface area (Å²) in [6.45, 7) is 3.25. The first-order valence-electron chi connectivity index (χ1n) is 5.65. The minimum Gasteiger partial charge on any atom is -0.360 e. The van der Waals surface area contributed by atoms with E-state index in [2.05, 4.69) is 5.32 Å². The molecule has 1 fully saturated rings. The van der Waals surface area contributed by atoms with Crippen LogP contribution in [-0.2, 0) is 4.79 Å². The lowest BCUT2D eigenvalue weighted by molar-refractivity contribution is -0.120. The van der Waals surface area contributed by atoms with Crippen molar-refractivity contribution in [3.63, 3.8) is 0 Å². The van der Waals surface area contributed by atoms with E-state index in [1.54, 1.807) is 19.1 Å². The molecule has 0 radical (unpaired) electrons. The molecule has 0 bridgehead atoms. The molecule has 1 saturated heterocycles. The molecule has 92 valence electrons. The molecule has 1 aromatic carbocycles. The number of rotatable bonds is 2. The molecule has 1 unspecified atom stereocenters. The summed E-state index contributed by atoms with van der Waals surface area (Å²) in [6.07, 6.45) is 0. The van der Waals surface area contributed by atoms with Crippen LogP contribution in [0.2, 0.25) is 0 Å². The molecule has 1 aliphatic rings. The van der Waals surface area contributed by atoms with Crippen molar-refractivity contribution in [2.24, 2.45) is 5.73 Å². The van der Waals surface area contributed by atoms with Gasteiger partial charge in [-0.15, -0.1) is 0 Å². The first-order chi connectivity index (χ1) is 8.09. The maximum atomic E-state index is 13.7. The Hall–Kier alpha value is -1.62. The van der Waals surface area contributed by atoms with E-state index < -0.39 is 6.04 Å². The summed E-state index contributed by atoms with van der Waals surface area (Å²) in [6, 6.07) is 4.45. The Kier molecular flexibility index (Phi) is 3.28. The second-order valence-corrected chi connectivity index (χ2v) is 4.23. The van der Waals surface area contributed by atoms with Crippen molar-refractivity contribution in [2.75, 3.05) is 24.5 Å². The number of piperazine rings is 1. The van der Waals surface area contributed by atoms with Gasteiger partial charge in [-0.3, -0.25) is 4.79 Å². The fourth-order valence-corrected chi connectivity index (χ4v) is 2.10. The highest BCUT2D eigenvalue weighted by Gasteiger charge is 2.21. The zero-order valence-electron chi connectivity index (χ0n) is 9.74. The number of carbonyl (C=O) groups excluding carboxylic acids is 1. The molecule has 1 atom stereocenters. The monoisotopic (exact) mass is 237 g/mol. The van der Waals surface area contributed by atoms with E-state index >= 15 is 0 Å². The van der Waals surface area contributed by atoms with Crippen LogP contribution in [0, 0.1) is 5.82 Å². The number of nitrogens with zero attached hydrogens (tertiary/aromatic N) is 1. The molecule has 1 amide bonds. The van der Waals surface area contributed by atoms with Gasteiger partial charge < -0.3 is 16.0 Å². The molecular weight excluding hydrogens is 221 g/mol. The van der Waals surface area contributed by atoms with E-state index in [1.165, 1.54) is 6.07 Å². The number of benzene rings is 1. The number of hydrogen-bond acceptors (Lipinski definition) is 3. The number of nitrogens with two attached hydrogens (primary N) is 1. The van der Waals surface area contributed by atoms with Crippen LogP contribution in [0.3, 0.4) is 0 Å². The van der Waals surface area contributed by atoms with Gasteiger partial charge in [0.1, 0.15) is 5.82 Å². The summed E-state index contributed by atoms with van der Waals surface area (Å²) in [5.74, 6) is -0.361. The van der Waals surface area contributed by atoms with Crippen LogP contribution < -0.4 is 16.0 Å². The lowest BCUT2D eigenvalue weighted by atomic mass is 10.0. The van der Waals surface area contributed by atoms with E-state index in [0.29, 0.717) is 18.7 Å². The molecule has 1 heterocycles. The highest BCUT2D eigenvalue weighted by Crippen LogP contribution is 2.28. The maximum Gasteiger partial charge on any atom is 0.239 e. The second-order valence-electron chi connectivity index (χ2n) is 4.23. The fourth-order valence-electron chi connectivity index (χ4n) is 2.10. The SMILES string of the molecule is CC(N)c1c(F)cccc1N1CCNC(=O)C1. The highest BCUT2D eigenvalue weighted by molar-refractivity contribution is 5.83. The molecular formula is C12H16FN3O. The summed E-state index contributed by atoms with van der Waals surface area (Å²) in [5.41, 5.74) is 6.98. The van der Waals surface area contributed by atoms with Crippen molar-refractivity contribution in [2.45, 2.75) is 13.0 Å². The van der Waals surface area contributed by atoms with Gasteiger partial charge in [0.2, 0.25) is 5.91 Å². The van der Waals surface area contributed by atoms with Crippen LogP contribution in [-0.4, -0.2) is 25.5 Å². The molecule has 0 spiro atoms. The molecule has 0 aromatic heterocycles. The lowest BCUT2D eigenvalue weighted by Crippen LogP contribution is -2.48. The van der Waals surface area contributed by atoms with Crippen molar-refractivity contribution in [1.82, 2.24) is 5.32 Å². The van der Waals surface area contributed by atoms with Crippen LogP contribution in [0.1, 0.15) is 18.5 Å². The molecule has 1 aromatic rings. The normalized spacial score (nSPS) is 17.8. The Morgan fingerprint density at radius 2 is 2.29 bits per heavy atom. The molecule has 2 rings (SSSR count). The second kappa shape index (κ2) is 4.71. The van der Waals surface area contributed by atoms with Crippen LogP contribution in [0.25, 0.3) is 0 Å². The Morgan fingerprint density at radius 1 is 1.53 bits per heavy atom. The number of hydrogen-bond donors (Lipinski definition) is 2. The summed E-state index contributed by atoms with van der Waals surface area (Å²) in [5, 5.41) is 2.74. The highest BCUT2D eigenvalue weighted by atomic mass is 19.1. The average molecular weight is 237 g/mol. The summed E-state index contributed by atoms with van der Waals surface area (Å²) >= 11 is 0. The fraction of sp³-hybridized carbons (Fsp3) is 0.417. The van der Waals surface area contributed by atoms with Crippen LogP contribution in [0.4, 0.5) is 10.1 Å². The molecule has 0 aliphatic carbocycles. The van der Waals surface area contributed by atoms with E-state index in [9.17, 15) is 9.18 Å². The number of nitrogens with one attached hydrogen (secondary N) is 1. The Morgan fingerprint density at radius 3 is 2.94 bits per heavy atom. The van der Waals surface area contributed by atoms with Gasteiger partial charge in [0.25, 0.3) is 0 Å². The Labute approximate surface area is 99.6 Å². The van der Waals surface area contributed by atoms with Crippen LogP contribution >= 0.6 is 0 Å². The molecule has 17 heavy (non-hydrogen) atoms. The van der Waals surface area contributed by atoms with E-state index in [-0.39, 0.29) is 18.3 Å². The number of halogens is 1. The minimum atomic E-state index is -0.392. The van der Waals surface area contributed by atoms with Gasteiger partial charge in [-0.25, -0.2) is 4.39 Å². The first-order valence-corrected chi connectivity index (χ1v) is 5.65. The minimum absolute atomic E-state index is 0.0452. The van der Waals surface area contributed by atoms with Gasteiger partial charge in [-0.2, -0.15) is 0 Å². The number of amides is 1. The maximum absolute atomic E-state index is 13.7. The van der Waals surface area contributed by atoms with Gasteiger partial charge in [-0.05, 0) is 19.1 Å². The molecule has 4 nitrogen and oxygen atoms in total. The van der Waals surface area contributed by atoms with E-state index in [1.807, 2.05) is 4.90 Å². The average Bonchev–Trinajstić information content (AvgIpc) is 2.28. The van der Waals surface area contributed by atoms with Crippen molar-refractivity contribution < 1.29 is 9.18 Å². The Bertz CT molecular complexity index is 434. The lowest BCUT2D eigenvalue weighted by Gasteiger charge is -2.31. The summed E-state index contributed by atoms with van der Waals surface area (Å²) < 4.78 is 13.7. The first kappa shape index (κ1) is 11.9. The van der Waals surface area contributed by atoms with Gasteiger partial charge in [0.05, 0.1) is 6.54 Å². The van der Waals surface area contributed by atoms with Gasteiger partial charge in [-0.1, -0.05) is 6.07 Å². The Balaban J connectivity index is 2.37. The van der Waals surface area contributed by atoms with Crippen molar-refractivity contribution in [1.29, 1.82) is 0 Å². The largest absolute Gasteiger partial charge is 0.360 e. The van der Waals surface area contributed by atoms with E-state index in [4.69, 9.17) is 5.73 Å². The molecule has 1 aliphatic heterocycles. The standard InChI is InChI=1S/C12H16FN3O/c1-8(14)12-9(13)3-2-4-10(12)16-6-5-15-11(17)7-16/h2-4,8H,5-7,14H2,1H3,(H,15,17). The predicted molar refractivity (Wildman–Crippen MR) is 64.2 cm³/mol. The summed E-state index contributed by atoms with van der Waals surface area (Å²) in [7, 11) is 0. The molecule has 3 N–H and O–H groups in total. The third kappa shape index (κ3) is 2.39. The zero-order chi connectivity index (χ0) is 12.4. The van der Waals surface area contributed by atoms with Crippen molar-refractivity contribution in [3.05, 3.63) is 29.6 Å². The molecule has 0 saturated carbocycles. The zero-order valence-corrected chi connectivity index (χ0v) is 9.74. The molecule has 5 heteroatoms. The third-order valence-corrected chi connectivity index (χ3v) is 2.86. The number of anilines is 1. The van der Waals surface area contributed by atoms with E-state index in [0.717, 1.165) is 5.69 Å². The van der Waals surface area contributed by atoms with Crippen molar-refractivity contribution in [3.8, 4) is 0 Å². The van der Waals surface area contributed by atoms with Crippen molar-refractivity contribution >= 4 is 11.6 Å². The van der Waals surface area contributed by atoms with Gasteiger partial charge in [0, 0.05) is 30.4 Å². The predicted octanol–water partition coefficient (Wildman–Crippen LogP) is 0.782. The smallest absolute Gasteiger partial charge is 0.239 e. The van der Waals surface area contributed by atoms with Crippen LogP contribution in [0.5, 0.6) is 0 Å². The topological polar surface area (TPSA) is 58.4 Å². The summed E-state index contributed by atoms with van der Waals surface area (Å²) in [4.78, 5) is 13.2. The van der Waals surface area contributed by atoms with Crippen LogP contribution in [0.15, 0.2) is 18.2 Å². The number of carbonyl (C=O) groups is 1. The third-order valence-electron chi connectivity index (χ3n) is 2.86.